The molecule has 0 spiro atoms. The lowest BCUT2D eigenvalue weighted by molar-refractivity contribution is 0.661. The van der Waals surface area contributed by atoms with E-state index in [4.69, 9.17) is 0 Å². The molecule has 0 fully saturated rings. The molecule has 6 aromatic carbocycles. The van der Waals surface area contributed by atoms with Crippen LogP contribution in [0.4, 0.5) is 0 Å². The third kappa shape index (κ3) is 3.17. The van der Waals surface area contributed by atoms with E-state index in [9.17, 15) is 0 Å². The first-order chi connectivity index (χ1) is 20.1. The van der Waals surface area contributed by atoms with E-state index < -0.39 is 0 Å². The Bertz CT molecular complexity index is 2330. The highest BCUT2D eigenvalue weighted by molar-refractivity contribution is 7.25. The molecule has 2 aromatic heterocycles. The van der Waals surface area contributed by atoms with E-state index in [1.54, 1.807) is 0 Å². The van der Waals surface area contributed by atoms with Crippen molar-refractivity contribution in [2.45, 2.75) is 19.3 Å². The molecule has 0 unspecified atom stereocenters. The summed E-state index contributed by atoms with van der Waals surface area (Å²) in [6.45, 7) is 4.72. The summed E-state index contributed by atoms with van der Waals surface area (Å²) < 4.78 is 5.14. The van der Waals surface area contributed by atoms with Gasteiger partial charge in [-0.3, -0.25) is 0 Å². The smallest absolute Gasteiger partial charge is 0.0544 e. The lowest BCUT2D eigenvalue weighted by atomic mass is 9.82. The van der Waals surface area contributed by atoms with Crippen molar-refractivity contribution in [1.82, 2.24) is 4.57 Å². The van der Waals surface area contributed by atoms with Crippen LogP contribution in [0.5, 0.6) is 0 Å². The summed E-state index contributed by atoms with van der Waals surface area (Å²) in [6.07, 6.45) is 0. The second-order valence-corrected chi connectivity index (χ2v) is 12.9. The number of thiophene rings is 1. The molecule has 9 rings (SSSR count). The van der Waals surface area contributed by atoms with Gasteiger partial charge in [-0.25, -0.2) is 0 Å². The molecule has 194 valence electrons. The van der Waals surface area contributed by atoms with Gasteiger partial charge in [-0.1, -0.05) is 92.7 Å². The van der Waals surface area contributed by atoms with Gasteiger partial charge in [-0.2, -0.15) is 0 Å². The third-order valence-electron chi connectivity index (χ3n) is 9.21. The standard InChI is InChI=1S/C39H27NS/c1-39(2)33-12-6-3-9-27(33)30-22-31-28-10-4-7-13-35(28)40(36(31)23-34(30)39)26-18-15-24(16-19-26)25-17-20-38-32(21-25)29-11-5-8-14-37(29)41-38/h3-23H,1-2H3. The molecule has 0 atom stereocenters. The van der Waals surface area contributed by atoms with E-state index in [1.807, 2.05) is 11.3 Å². The van der Waals surface area contributed by atoms with E-state index in [0.717, 1.165) is 0 Å². The fraction of sp³-hybridized carbons (Fsp3) is 0.0769. The summed E-state index contributed by atoms with van der Waals surface area (Å²) in [6, 6.07) is 47.3. The average Bonchev–Trinajstić information content (AvgIpc) is 3.62. The van der Waals surface area contributed by atoms with Crippen molar-refractivity contribution in [3.05, 3.63) is 139 Å². The largest absolute Gasteiger partial charge is 0.309 e. The average molecular weight is 542 g/mol. The summed E-state index contributed by atoms with van der Waals surface area (Å²) in [4.78, 5) is 0. The van der Waals surface area contributed by atoms with E-state index in [2.05, 4.69) is 146 Å². The Morgan fingerprint density at radius 3 is 2.07 bits per heavy atom. The van der Waals surface area contributed by atoms with Crippen LogP contribution in [-0.4, -0.2) is 4.57 Å². The Kier molecular flexibility index (Phi) is 4.61. The molecule has 2 heterocycles. The molecule has 1 aliphatic rings. The van der Waals surface area contributed by atoms with Crippen LogP contribution in [0.2, 0.25) is 0 Å². The van der Waals surface area contributed by atoms with Gasteiger partial charge in [0, 0.05) is 42.0 Å². The highest BCUT2D eigenvalue weighted by Crippen LogP contribution is 2.51. The number of nitrogens with zero attached hydrogens (tertiary/aromatic N) is 1. The zero-order valence-corrected chi connectivity index (χ0v) is 23.8. The van der Waals surface area contributed by atoms with Crippen LogP contribution in [0.25, 0.3) is 69.9 Å². The van der Waals surface area contributed by atoms with Crippen LogP contribution in [0, 0.1) is 0 Å². The number of para-hydroxylation sites is 1. The molecule has 0 radical (unpaired) electrons. The number of aromatic nitrogens is 1. The Balaban J connectivity index is 1.22. The van der Waals surface area contributed by atoms with E-state index in [1.165, 1.54) is 81.0 Å². The van der Waals surface area contributed by atoms with Crippen molar-refractivity contribution in [1.29, 1.82) is 0 Å². The van der Waals surface area contributed by atoms with Crippen molar-refractivity contribution >= 4 is 53.3 Å². The lowest BCUT2D eigenvalue weighted by Gasteiger charge is -2.21. The van der Waals surface area contributed by atoms with Gasteiger partial charge in [0.25, 0.3) is 0 Å². The molecule has 0 amide bonds. The predicted molar refractivity (Wildman–Crippen MR) is 177 cm³/mol. The number of benzene rings is 6. The van der Waals surface area contributed by atoms with Crippen LogP contribution >= 0.6 is 11.3 Å². The quantitative estimate of drug-likeness (QED) is 0.205. The maximum Gasteiger partial charge on any atom is 0.0544 e. The first-order valence-corrected chi connectivity index (χ1v) is 15.1. The maximum atomic E-state index is 2.45. The summed E-state index contributed by atoms with van der Waals surface area (Å²) in [5, 5.41) is 5.29. The van der Waals surface area contributed by atoms with Crippen molar-refractivity contribution in [2.24, 2.45) is 0 Å². The van der Waals surface area contributed by atoms with E-state index >= 15 is 0 Å². The molecular formula is C39H27NS. The fourth-order valence-electron chi connectivity index (χ4n) is 7.15. The Morgan fingerprint density at radius 2 is 1.20 bits per heavy atom. The Morgan fingerprint density at radius 1 is 0.488 bits per heavy atom. The molecule has 0 saturated carbocycles. The second kappa shape index (κ2) is 8.19. The summed E-state index contributed by atoms with van der Waals surface area (Å²) in [5.41, 5.74) is 11.7. The molecule has 1 nitrogen and oxygen atoms in total. The van der Waals surface area contributed by atoms with Gasteiger partial charge in [-0.15, -0.1) is 11.3 Å². The van der Waals surface area contributed by atoms with Crippen LogP contribution < -0.4 is 0 Å². The van der Waals surface area contributed by atoms with Crippen molar-refractivity contribution in [3.63, 3.8) is 0 Å². The third-order valence-corrected chi connectivity index (χ3v) is 10.4. The highest BCUT2D eigenvalue weighted by atomic mass is 32.1. The number of rotatable bonds is 2. The first kappa shape index (κ1) is 23.1. The van der Waals surface area contributed by atoms with Gasteiger partial charge in [0.2, 0.25) is 0 Å². The van der Waals surface area contributed by atoms with Crippen molar-refractivity contribution in [3.8, 4) is 27.9 Å². The second-order valence-electron chi connectivity index (χ2n) is 11.8. The minimum absolute atomic E-state index is 0.0320. The molecule has 8 aromatic rings. The van der Waals surface area contributed by atoms with Crippen LogP contribution in [-0.2, 0) is 5.41 Å². The molecular weight excluding hydrogens is 515 g/mol. The fourth-order valence-corrected chi connectivity index (χ4v) is 8.24. The van der Waals surface area contributed by atoms with Crippen LogP contribution in [0.15, 0.2) is 127 Å². The summed E-state index contributed by atoms with van der Waals surface area (Å²) in [5.74, 6) is 0. The molecule has 2 heteroatoms. The first-order valence-electron chi connectivity index (χ1n) is 14.3. The molecule has 0 N–H and O–H groups in total. The van der Waals surface area contributed by atoms with Crippen molar-refractivity contribution < 1.29 is 0 Å². The van der Waals surface area contributed by atoms with Gasteiger partial charge >= 0.3 is 0 Å². The van der Waals surface area contributed by atoms with E-state index in [-0.39, 0.29) is 5.41 Å². The van der Waals surface area contributed by atoms with Gasteiger partial charge in [-0.05, 0) is 81.9 Å². The minimum atomic E-state index is -0.0320. The number of hydrogen-bond acceptors (Lipinski definition) is 1. The zero-order valence-electron chi connectivity index (χ0n) is 23.0. The van der Waals surface area contributed by atoms with Gasteiger partial charge in [0.05, 0.1) is 11.0 Å². The maximum absolute atomic E-state index is 2.45. The van der Waals surface area contributed by atoms with Gasteiger partial charge in [0.15, 0.2) is 0 Å². The molecule has 41 heavy (non-hydrogen) atoms. The van der Waals surface area contributed by atoms with Gasteiger partial charge in [0.1, 0.15) is 0 Å². The minimum Gasteiger partial charge on any atom is -0.309 e. The monoisotopic (exact) mass is 541 g/mol. The SMILES string of the molecule is CC1(C)c2ccccc2-c2cc3c4ccccc4n(-c4ccc(-c5ccc6sc7ccccc7c6c5)cc4)c3cc21. The molecule has 0 bridgehead atoms. The number of fused-ring (bicyclic) bond motifs is 9. The molecule has 0 aliphatic heterocycles. The van der Waals surface area contributed by atoms with Crippen LogP contribution in [0.3, 0.4) is 0 Å². The molecule has 0 saturated heterocycles. The zero-order chi connectivity index (χ0) is 27.3. The Hall–Kier alpha value is -4.66. The van der Waals surface area contributed by atoms with Crippen LogP contribution in [0.1, 0.15) is 25.0 Å². The van der Waals surface area contributed by atoms with E-state index in [0.29, 0.717) is 0 Å². The predicted octanol–water partition coefficient (Wildman–Crippen LogP) is 11.1. The Labute approximate surface area is 242 Å². The topological polar surface area (TPSA) is 4.93 Å². The van der Waals surface area contributed by atoms with Gasteiger partial charge < -0.3 is 4.57 Å². The highest BCUT2D eigenvalue weighted by Gasteiger charge is 2.36. The lowest BCUT2D eigenvalue weighted by Crippen LogP contribution is -2.14. The molecule has 1 aliphatic carbocycles. The summed E-state index contributed by atoms with van der Waals surface area (Å²) >= 11 is 1.87. The number of hydrogen-bond donors (Lipinski definition) is 0. The van der Waals surface area contributed by atoms with Crippen molar-refractivity contribution in [2.75, 3.05) is 0 Å². The summed E-state index contributed by atoms with van der Waals surface area (Å²) in [7, 11) is 0. The normalized spacial score (nSPS) is 13.8.